The van der Waals surface area contributed by atoms with Crippen molar-refractivity contribution in [3.63, 3.8) is 0 Å². The first kappa shape index (κ1) is 10.9. The van der Waals surface area contributed by atoms with E-state index in [2.05, 4.69) is 9.97 Å². The molecule has 0 spiro atoms. The Balaban J connectivity index is 1.76. The molecular formula is C14H14N2O2. The Morgan fingerprint density at radius 1 is 1.28 bits per heavy atom. The number of hydrogen-bond acceptors (Lipinski definition) is 3. The first-order chi connectivity index (χ1) is 8.72. The maximum Gasteiger partial charge on any atom is 0.232 e. The molecule has 0 bridgehead atoms. The molecule has 2 heterocycles. The SMILES string of the molecule is Cc1nc(COc2ccc3[nH]ccc3c2)oc1C. The molecule has 0 radical (unpaired) electrons. The van der Waals surface area contributed by atoms with Crippen LogP contribution < -0.4 is 4.74 Å². The molecule has 0 saturated carbocycles. The van der Waals surface area contributed by atoms with Crippen LogP contribution in [0, 0.1) is 13.8 Å². The van der Waals surface area contributed by atoms with Gasteiger partial charge in [-0.2, -0.15) is 0 Å². The van der Waals surface area contributed by atoms with E-state index in [9.17, 15) is 0 Å². The molecule has 0 aliphatic heterocycles. The second kappa shape index (κ2) is 4.22. The number of aryl methyl sites for hydroxylation is 2. The largest absolute Gasteiger partial charge is 0.484 e. The fourth-order valence-corrected chi connectivity index (χ4v) is 1.87. The van der Waals surface area contributed by atoms with E-state index in [1.807, 2.05) is 44.3 Å². The van der Waals surface area contributed by atoms with Crippen LogP contribution in [-0.2, 0) is 6.61 Å². The summed E-state index contributed by atoms with van der Waals surface area (Å²) >= 11 is 0. The van der Waals surface area contributed by atoms with Crippen molar-refractivity contribution in [3.05, 3.63) is 47.8 Å². The monoisotopic (exact) mass is 242 g/mol. The summed E-state index contributed by atoms with van der Waals surface area (Å²) in [6.45, 7) is 4.18. The van der Waals surface area contributed by atoms with Crippen molar-refractivity contribution in [1.29, 1.82) is 0 Å². The number of H-pyrrole nitrogens is 1. The predicted octanol–water partition coefficient (Wildman–Crippen LogP) is 3.35. The fraction of sp³-hybridized carbons (Fsp3) is 0.214. The molecule has 1 aromatic carbocycles. The first-order valence-electron chi connectivity index (χ1n) is 5.85. The van der Waals surface area contributed by atoms with Gasteiger partial charge in [-0.1, -0.05) is 0 Å². The first-order valence-corrected chi connectivity index (χ1v) is 5.85. The summed E-state index contributed by atoms with van der Waals surface area (Å²) in [6, 6.07) is 7.94. The van der Waals surface area contributed by atoms with E-state index >= 15 is 0 Å². The highest BCUT2D eigenvalue weighted by molar-refractivity contribution is 5.80. The van der Waals surface area contributed by atoms with E-state index in [-0.39, 0.29) is 0 Å². The zero-order valence-electron chi connectivity index (χ0n) is 10.4. The van der Waals surface area contributed by atoms with Crippen molar-refractivity contribution in [2.45, 2.75) is 20.5 Å². The van der Waals surface area contributed by atoms with Crippen molar-refractivity contribution < 1.29 is 9.15 Å². The number of nitrogens with one attached hydrogen (secondary N) is 1. The van der Waals surface area contributed by atoms with Gasteiger partial charge in [-0.3, -0.25) is 0 Å². The van der Waals surface area contributed by atoms with Gasteiger partial charge in [-0.05, 0) is 38.1 Å². The van der Waals surface area contributed by atoms with E-state index in [0.29, 0.717) is 12.5 Å². The standard InChI is InChI=1S/C14H14N2O2/c1-9-10(2)18-14(16-9)8-17-12-3-4-13-11(7-12)5-6-15-13/h3-7,15H,8H2,1-2H3. The van der Waals surface area contributed by atoms with Crippen LogP contribution >= 0.6 is 0 Å². The van der Waals surface area contributed by atoms with Gasteiger partial charge in [-0.25, -0.2) is 4.98 Å². The number of rotatable bonds is 3. The zero-order valence-corrected chi connectivity index (χ0v) is 10.4. The fourth-order valence-electron chi connectivity index (χ4n) is 1.87. The number of fused-ring (bicyclic) bond motifs is 1. The van der Waals surface area contributed by atoms with Crippen molar-refractivity contribution in [2.24, 2.45) is 0 Å². The molecule has 2 aromatic heterocycles. The van der Waals surface area contributed by atoms with Crippen LogP contribution in [0.1, 0.15) is 17.3 Å². The zero-order chi connectivity index (χ0) is 12.5. The lowest BCUT2D eigenvalue weighted by Gasteiger charge is -2.03. The van der Waals surface area contributed by atoms with Crippen molar-refractivity contribution in [1.82, 2.24) is 9.97 Å². The summed E-state index contributed by atoms with van der Waals surface area (Å²) in [5.41, 5.74) is 2.01. The van der Waals surface area contributed by atoms with Gasteiger partial charge in [0.1, 0.15) is 11.5 Å². The maximum absolute atomic E-state index is 5.67. The van der Waals surface area contributed by atoms with Crippen LogP contribution in [0.3, 0.4) is 0 Å². The number of benzene rings is 1. The molecular weight excluding hydrogens is 228 g/mol. The molecule has 4 nitrogen and oxygen atoms in total. The number of oxazole rings is 1. The van der Waals surface area contributed by atoms with Gasteiger partial charge in [-0.15, -0.1) is 0 Å². The van der Waals surface area contributed by atoms with Gasteiger partial charge in [0.25, 0.3) is 0 Å². The van der Waals surface area contributed by atoms with Crippen molar-refractivity contribution >= 4 is 10.9 Å². The van der Waals surface area contributed by atoms with Crippen LogP contribution in [0.5, 0.6) is 5.75 Å². The number of aromatic nitrogens is 2. The van der Waals surface area contributed by atoms with Gasteiger partial charge in [0.15, 0.2) is 6.61 Å². The topological polar surface area (TPSA) is 51.0 Å². The molecule has 4 heteroatoms. The van der Waals surface area contributed by atoms with Gasteiger partial charge >= 0.3 is 0 Å². The number of nitrogens with zero attached hydrogens (tertiary/aromatic N) is 1. The Bertz CT molecular complexity index is 662. The average molecular weight is 242 g/mol. The molecule has 0 aliphatic rings. The van der Waals surface area contributed by atoms with Crippen molar-refractivity contribution in [3.8, 4) is 5.75 Å². The van der Waals surface area contributed by atoms with Crippen molar-refractivity contribution in [2.75, 3.05) is 0 Å². The third-order valence-corrected chi connectivity index (χ3v) is 2.96. The highest BCUT2D eigenvalue weighted by Crippen LogP contribution is 2.20. The molecule has 0 atom stereocenters. The summed E-state index contributed by atoms with van der Waals surface area (Å²) in [6.07, 6.45) is 1.91. The molecule has 0 amide bonds. The third kappa shape index (κ3) is 1.97. The second-order valence-corrected chi connectivity index (χ2v) is 4.26. The Hall–Kier alpha value is -2.23. The predicted molar refractivity (Wildman–Crippen MR) is 68.6 cm³/mol. The molecule has 0 unspecified atom stereocenters. The summed E-state index contributed by atoms with van der Waals surface area (Å²) in [5.74, 6) is 2.27. The highest BCUT2D eigenvalue weighted by Gasteiger charge is 2.06. The summed E-state index contributed by atoms with van der Waals surface area (Å²) < 4.78 is 11.1. The van der Waals surface area contributed by atoms with E-state index in [0.717, 1.165) is 28.1 Å². The minimum absolute atomic E-state index is 0.352. The molecule has 92 valence electrons. The van der Waals surface area contributed by atoms with Gasteiger partial charge < -0.3 is 14.1 Å². The lowest BCUT2D eigenvalue weighted by molar-refractivity contribution is 0.260. The van der Waals surface area contributed by atoms with Crippen LogP contribution in [0.15, 0.2) is 34.9 Å². The third-order valence-electron chi connectivity index (χ3n) is 2.96. The molecule has 0 saturated heterocycles. The minimum atomic E-state index is 0.352. The smallest absolute Gasteiger partial charge is 0.232 e. The normalized spacial score (nSPS) is 11.0. The van der Waals surface area contributed by atoms with E-state index in [1.54, 1.807) is 0 Å². The van der Waals surface area contributed by atoms with Gasteiger partial charge in [0.2, 0.25) is 5.89 Å². The Kier molecular flexibility index (Phi) is 2.55. The minimum Gasteiger partial charge on any atom is -0.484 e. The number of hydrogen-bond donors (Lipinski definition) is 1. The van der Waals surface area contributed by atoms with E-state index < -0.39 is 0 Å². The summed E-state index contributed by atoms with van der Waals surface area (Å²) in [7, 11) is 0. The molecule has 0 aliphatic carbocycles. The molecule has 3 aromatic rings. The number of ether oxygens (including phenoxy) is 1. The quantitative estimate of drug-likeness (QED) is 0.766. The Morgan fingerprint density at radius 3 is 2.94 bits per heavy atom. The number of aromatic amines is 1. The van der Waals surface area contributed by atoms with Gasteiger partial charge in [0, 0.05) is 17.1 Å². The Morgan fingerprint density at radius 2 is 2.17 bits per heavy atom. The van der Waals surface area contributed by atoms with E-state index in [4.69, 9.17) is 9.15 Å². The van der Waals surface area contributed by atoms with Gasteiger partial charge in [0.05, 0.1) is 5.69 Å². The van der Waals surface area contributed by atoms with E-state index in [1.165, 1.54) is 0 Å². The molecule has 0 fully saturated rings. The van der Waals surface area contributed by atoms with Crippen LogP contribution in [0.25, 0.3) is 10.9 Å². The molecule has 1 N–H and O–H groups in total. The lowest BCUT2D eigenvalue weighted by Crippen LogP contribution is -1.95. The lowest BCUT2D eigenvalue weighted by atomic mass is 10.2. The maximum atomic E-state index is 5.67. The summed E-state index contributed by atoms with van der Waals surface area (Å²) in [5, 5.41) is 1.13. The summed E-state index contributed by atoms with van der Waals surface area (Å²) in [4.78, 5) is 7.42. The molecule has 18 heavy (non-hydrogen) atoms. The van der Waals surface area contributed by atoms with Crippen LogP contribution in [-0.4, -0.2) is 9.97 Å². The van der Waals surface area contributed by atoms with Crippen LogP contribution in [0.2, 0.25) is 0 Å². The average Bonchev–Trinajstić information content (AvgIpc) is 2.94. The van der Waals surface area contributed by atoms with Crippen LogP contribution in [0.4, 0.5) is 0 Å². The Labute approximate surface area is 105 Å². The molecule has 3 rings (SSSR count). The highest BCUT2D eigenvalue weighted by atomic mass is 16.5. The second-order valence-electron chi connectivity index (χ2n) is 4.26.